The van der Waals surface area contributed by atoms with Crippen LogP contribution in [0.2, 0.25) is 0 Å². The number of fused-ring (bicyclic) bond motifs is 1. The maximum absolute atomic E-state index is 9.36. The van der Waals surface area contributed by atoms with Crippen LogP contribution in [-0.2, 0) is 13.0 Å². The Morgan fingerprint density at radius 2 is 2.38 bits per heavy atom. The molecule has 1 aliphatic rings. The van der Waals surface area contributed by atoms with E-state index in [1.807, 2.05) is 6.07 Å². The third kappa shape index (κ3) is 1.61. The average Bonchev–Trinajstić information content (AvgIpc) is 2.75. The number of allylic oxidation sites excluding steroid dienone is 1. The molecule has 1 heterocycles. The molecule has 16 heavy (non-hydrogen) atoms. The lowest BCUT2D eigenvalue weighted by atomic mass is 10.0. The fraction of sp³-hybridized carbons (Fsp3) is 0.333. The Kier molecular flexibility index (Phi) is 3.01. The highest BCUT2D eigenvalue weighted by atomic mass is 16.7. The van der Waals surface area contributed by atoms with Crippen molar-refractivity contribution in [1.29, 1.82) is 0 Å². The van der Waals surface area contributed by atoms with E-state index in [2.05, 4.69) is 6.58 Å². The zero-order valence-electron chi connectivity index (χ0n) is 9.16. The van der Waals surface area contributed by atoms with Crippen LogP contribution in [0.5, 0.6) is 17.2 Å². The predicted molar refractivity (Wildman–Crippen MR) is 58.9 cm³/mol. The summed E-state index contributed by atoms with van der Waals surface area (Å²) in [6.07, 6.45) is 2.44. The molecule has 0 saturated carbocycles. The van der Waals surface area contributed by atoms with E-state index in [4.69, 9.17) is 14.2 Å². The van der Waals surface area contributed by atoms with Crippen LogP contribution in [0.1, 0.15) is 11.1 Å². The summed E-state index contributed by atoms with van der Waals surface area (Å²) in [5.41, 5.74) is 1.57. The van der Waals surface area contributed by atoms with Gasteiger partial charge in [0.05, 0.1) is 19.3 Å². The molecule has 0 bridgehead atoms. The molecule has 1 aromatic rings. The Hall–Kier alpha value is -1.68. The second kappa shape index (κ2) is 4.45. The van der Waals surface area contributed by atoms with Crippen molar-refractivity contribution in [3.8, 4) is 17.2 Å². The Balaban J connectivity index is 2.58. The van der Waals surface area contributed by atoms with Gasteiger partial charge in [0.2, 0.25) is 6.79 Å². The van der Waals surface area contributed by atoms with Crippen molar-refractivity contribution >= 4 is 0 Å². The largest absolute Gasteiger partial charge is 0.496 e. The minimum absolute atomic E-state index is 0.139. The number of ether oxygens (including phenoxy) is 3. The number of hydrogen-bond acceptors (Lipinski definition) is 4. The number of benzene rings is 1. The fourth-order valence-electron chi connectivity index (χ4n) is 1.86. The van der Waals surface area contributed by atoms with E-state index in [0.717, 1.165) is 5.56 Å². The Morgan fingerprint density at radius 3 is 3.00 bits per heavy atom. The summed E-state index contributed by atoms with van der Waals surface area (Å²) in [6, 6.07) is 1.86. The quantitative estimate of drug-likeness (QED) is 0.787. The van der Waals surface area contributed by atoms with Crippen molar-refractivity contribution in [3.05, 3.63) is 29.8 Å². The summed E-state index contributed by atoms with van der Waals surface area (Å²) >= 11 is 0. The lowest BCUT2D eigenvalue weighted by molar-refractivity contribution is 0.171. The Bertz CT molecular complexity index is 412. The molecule has 0 unspecified atom stereocenters. The van der Waals surface area contributed by atoms with Crippen LogP contribution in [0, 0.1) is 0 Å². The first kappa shape index (κ1) is 10.8. The standard InChI is InChI=1S/C12H14O4/c1-3-4-8-5-10-12(16-7-15-10)9(6-13)11(8)14-2/h3,5,13H,1,4,6-7H2,2H3. The lowest BCUT2D eigenvalue weighted by Crippen LogP contribution is -1.99. The average molecular weight is 222 g/mol. The van der Waals surface area contributed by atoms with Gasteiger partial charge in [-0.3, -0.25) is 0 Å². The normalized spacial score (nSPS) is 12.6. The molecule has 0 fully saturated rings. The monoisotopic (exact) mass is 222 g/mol. The van der Waals surface area contributed by atoms with E-state index < -0.39 is 0 Å². The van der Waals surface area contributed by atoms with Crippen molar-refractivity contribution in [2.45, 2.75) is 13.0 Å². The van der Waals surface area contributed by atoms with Crippen molar-refractivity contribution in [2.75, 3.05) is 13.9 Å². The maximum atomic E-state index is 9.36. The summed E-state index contributed by atoms with van der Waals surface area (Å²) in [4.78, 5) is 0. The highest BCUT2D eigenvalue weighted by Crippen LogP contribution is 2.43. The van der Waals surface area contributed by atoms with E-state index in [1.54, 1.807) is 13.2 Å². The van der Waals surface area contributed by atoms with Crippen LogP contribution >= 0.6 is 0 Å². The molecule has 86 valence electrons. The van der Waals surface area contributed by atoms with E-state index in [-0.39, 0.29) is 13.4 Å². The van der Waals surface area contributed by atoms with Gasteiger partial charge in [0, 0.05) is 5.56 Å². The summed E-state index contributed by atoms with van der Waals surface area (Å²) in [5, 5.41) is 9.36. The van der Waals surface area contributed by atoms with Crippen LogP contribution < -0.4 is 14.2 Å². The van der Waals surface area contributed by atoms with Gasteiger partial charge in [0.1, 0.15) is 5.75 Å². The van der Waals surface area contributed by atoms with Crippen molar-refractivity contribution in [2.24, 2.45) is 0 Å². The molecular weight excluding hydrogens is 208 g/mol. The van der Waals surface area contributed by atoms with Crippen molar-refractivity contribution < 1.29 is 19.3 Å². The fourth-order valence-corrected chi connectivity index (χ4v) is 1.86. The molecule has 2 rings (SSSR count). The van der Waals surface area contributed by atoms with Gasteiger partial charge in [0.25, 0.3) is 0 Å². The van der Waals surface area contributed by atoms with E-state index >= 15 is 0 Å². The zero-order chi connectivity index (χ0) is 11.5. The Labute approximate surface area is 94.1 Å². The van der Waals surface area contributed by atoms with Gasteiger partial charge in [-0.25, -0.2) is 0 Å². The highest BCUT2D eigenvalue weighted by Gasteiger charge is 2.23. The molecule has 0 amide bonds. The molecule has 4 heteroatoms. The maximum Gasteiger partial charge on any atom is 0.231 e. The minimum Gasteiger partial charge on any atom is -0.496 e. The molecule has 0 spiro atoms. The predicted octanol–water partition coefficient (Wildman–Crippen LogP) is 1.64. The van der Waals surface area contributed by atoms with Crippen LogP contribution in [0.25, 0.3) is 0 Å². The van der Waals surface area contributed by atoms with Gasteiger partial charge < -0.3 is 19.3 Å². The first-order valence-corrected chi connectivity index (χ1v) is 5.02. The molecule has 0 atom stereocenters. The molecule has 1 aromatic carbocycles. The van der Waals surface area contributed by atoms with Crippen LogP contribution in [0.15, 0.2) is 18.7 Å². The molecule has 0 saturated heterocycles. The number of hydrogen-bond donors (Lipinski definition) is 1. The van der Waals surface area contributed by atoms with Crippen molar-refractivity contribution in [3.63, 3.8) is 0 Å². The SMILES string of the molecule is C=CCc1cc2c(c(CO)c1OC)OCO2. The number of rotatable bonds is 4. The topological polar surface area (TPSA) is 47.9 Å². The van der Waals surface area contributed by atoms with E-state index in [9.17, 15) is 5.11 Å². The first-order chi connectivity index (χ1) is 7.81. The van der Waals surface area contributed by atoms with E-state index in [1.165, 1.54) is 0 Å². The highest BCUT2D eigenvalue weighted by molar-refractivity contribution is 5.59. The first-order valence-electron chi connectivity index (χ1n) is 5.02. The van der Waals surface area contributed by atoms with Crippen molar-refractivity contribution in [1.82, 2.24) is 0 Å². The molecular formula is C12H14O4. The zero-order valence-corrected chi connectivity index (χ0v) is 9.16. The van der Waals surface area contributed by atoms with Gasteiger partial charge >= 0.3 is 0 Å². The van der Waals surface area contributed by atoms with Gasteiger partial charge in [-0.2, -0.15) is 0 Å². The number of methoxy groups -OCH3 is 1. The molecule has 0 radical (unpaired) electrons. The second-order valence-electron chi connectivity index (χ2n) is 3.43. The Morgan fingerprint density at radius 1 is 1.56 bits per heavy atom. The molecule has 4 nitrogen and oxygen atoms in total. The van der Waals surface area contributed by atoms with Crippen LogP contribution in [-0.4, -0.2) is 19.0 Å². The molecule has 0 aromatic heterocycles. The van der Waals surface area contributed by atoms with Crippen LogP contribution in [0.3, 0.4) is 0 Å². The summed E-state index contributed by atoms with van der Waals surface area (Å²) in [5.74, 6) is 1.88. The summed E-state index contributed by atoms with van der Waals surface area (Å²) in [7, 11) is 1.57. The summed E-state index contributed by atoms with van der Waals surface area (Å²) < 4.78 is 15.9. The van der Waals surface area contributed by atoms with Gasteiger partial charge in [-0.1, -0.05) is 6.08 Å². The molecule has 1 N–H and O–H groups in total. The molecule has 1 aliphatic heterocycles. The molecule has 0 aliphatic carbocycles. The third-order valence-corrected chi connectivity index (χ3v) is 2.51. The van der Waals surface area contributed by atoms with Crippen LogP contribution in [0.4, 0.5) is 0 Å². The van der Waals surface area contributed by atoms with Gasteiger partial charge in [-0.05, 0) is 12.5 Å². The number of aliphatic hydroxyl groups excluding tert-OH is 1. The lowest BCUT2D eigenvalue weighted by Gasteiger charge is -2.13. The number of aliphatic hydroxyl groups is 1. The second-order valence-corrected chi connectivity index (χ2v) is 3.43. The summed E-state index contributed by atoms with van der Waals surface area (Å²) in [6.45, 7) is 3.73. The van der Waals surface area contributed by atoms with E-state index in [0.29, 0.717) is 29.2 Å². The smallest absolute Gasteiger partial charge is 0.231 e. The third-order valence-electron chi connectivity index (χ3n) is 2.51. The van der Waals surface area contributed by atoms with Gasteiger partial charge in [-0.15, -0.1) is 6.58 Å². The van der Waals surface area contributed by atoms with Gasteiger partial charge in [0.15, 0.2) is 11.5 Å². The minimum atomic E-state index is -0.139.